The second-order valence-corrected chi connectivity index (χ2v) is 5.01. The molecule has 0 amide bonds. The smallest absolute Gasteiger partial charge is 0.137 e. The molecule has 1 N–H and O–H groups in total. The summed E-state index contributed by atoms with van der Waals surface area (Å²) in [5, 5.41) is 3.18. The van der Waals surface area contributed by atoms with E-state index in [0.29, 0.717) is 0 Å². The summed E-state index contributed by atoms with van der Waals surface area (Å²) in [5.41, 5.74) is 1.22. The maximum Gasteiger partial charge on any atom is 0.137 e. The molecule has 1 atom stereocenters. The molecule has 5 nitrogen and oxygen atoms in total. The molecule has 0 aliphatic carbocycles. The Labute approximate surface area is 115 Å². The minimum Gasteiger partial charge on any atom is -0.377 e. The van der Waals surface area contributed by atoms with Crippen LogP contribution in [-0.2, 0) is 11.2 Å². The third-order valence-electron chi connectivity index (χ3n) is 3.41. The number of hydrogen-bond acceptors (Lipinski definition) is 5. The predicted octanol–water partition coefficient (Wildman–Crippen LogP) is 2.09. The molecule has 1 unspecified atom stereocenters. The summed E-state index contributed by atoms with van der Waals surface area (Å²) in [6.07, 6.45) is 5.04. The average molecular weight is 264 g/mol. The van der Waals surface area contributed by atoms with Crippen molar-refractivity contribution in [3.05, 3.63) is 11.9 Å². The summed E-state index contributed by atoms with van der Waals surface area (Å²) in [5.74, 6) is 2.02. The Bertz CT molecular complexity index is 410. The second kappa shape index (κ2) is 6.70. The van der Waals surface area contributed by atoms with Crippen LogP contribution in [0.3, 0.4) is 0 Å². The van der Waals surface area contributed by atoms with Gasteiger partial charge in [-0.3, -0.25) is 0 Å². The molecule has 0 spiro atoms. The van der Waals surface area contributed by atoms with E-state index in [2.05, 4.69) is 34.0 Å². The molecular formula is C14H24N4O. The van der Waals surface area contributed by atoms with Crippen LogP contribution in [-0.4, -0.2) is 42.8 Å². The van der Waals surface area contributed by atoms with Gasteiger partial charge in [0, 0.05) is 32.3 Å². The molecule has 0 radical (unpaired) electrons. The third-order valence-corrected chi connectivity index (χ3v) is 3.41. The zero-order chi connectivity index (χ0) is 13.7. The van der Waals surface area contributed by atoms with E-state index in [-0.39, 0.29) is 6.10 Å². The largest absolute Gasteiger partial charge is 0.377 e. The molecule has 2 heterocycles. The number of nitrogens with zero attached hydrogens (tertiary/aromatic N) is 3. The molecule has 19 heavy (non-hydrogen) atoms. The van der Waals surface area contributed by atoms with Crippen molar-refractivity contribution < 1.29 is 4.74 Å². The lowest BCUT2D eigenvalue weighted by Crippen LogP contribution is -2.32. The van der Waals surface area contributed by atoms with Gasteiger partial charge in [0.05, 0.1) is 6.10 Å². The highest BCUT2D eigenvalue weighted by atomic mass is 16.5. The molecule has 1 saturated heterocycles. The Morgan fingerprint density at radius 2 is 2.32 bits per heavy atom. The first-order valence-corrected chi connectivity index (χ1v) is 7.14. The van der Waals surface area contributed by atoms with Crippen molar-refractivity contribution in [1.82, 2.24) is 9.97 Å². The summed E-state index contributed by atoms with van der Waals surface area (Å²) in [7, 11) is 1.92. The predicted molar refractivity (Wildman–Crippen MR) is 77.8 cm³/mol. The van der Waals surface area contributed by atoms with Crippen molar-refractivity contribution in [3.63, 3.8) is 0 Å². The minimum atomic E-state index is 0.255. The Morgan fingerprint density at radius 1 is 1.47 bits per heavy atom. The lowest BCUT2D eigenvalue weighted by Gasteiger charge is -2.26. The number of ether oxygens (including phenoxy) is 1. The molecule has 0 bridgehead atoms. The van der Waals surface area contributed by atoms with Crippen LogP contribution in [0.25, 0.3) is 0 Å². The molecule has 5 heteroatoms. The maximum absolute atomic E-state index is 5.71. The van der Waals surface area contributed by atoms with Crippen LogP contribution in [0.2, 0.25) is 0 Å². The highest BCUT2D eigenvalue weighted by molar-refractivity contribution is 5.58. The van der Waals surface area contributed by atoms with Crippen LogP contribution in [0.4, 0.5) is 11.6 Å². The van der Waals surface area contributed by atoms with Crippen LogP contribution < -0.4 is 10.2 Å². The van der Waals surface area contributed by atoms with Gasteiger partial charge in [0.2, 0.25) is 0 Å². The molecule has 1 aromatic heterocycles. The van der Waals surface area contributed by atoms with Gasteiger partial charge in [-0.1, -0.05) is 13.3 Å². The van der Waals surface area contributed by atoms with Gasteiger partial charge in [-0.05, 0) is 19.8 Å². The zero-order valence-corrected chi connectivity index (χ0v) is 12.1. The Morgan fingerprint density at radius 3 is 3.05 bits per heavy atom. The summed E-state index contributed by atoms with van der Waals surface area (Å²) in [6.45, 7) is 7.05. The van der Waals surface area contributed by atoms with E-state index >= 15 is 0 Å². The van der Waals surface area contributed by atoms with Gasteiger partial charge in [0.25, 0.3) is 0 Å². The fraction of sp³-hybridized carbons (Fsp3) is 0.714. The van der Waals surface area contributed by atoms with Gasteiger partial charge in [0.15, 0.2) is 0 Å². The van der Waals surface area contributed by atoms with Crippen molar-refractivity contribution in [2.45, 2.75) is 39.2 Å². The number of hydrogen-bond donors (Lipinski definition) is 1. The first-order chi connectivity index (χ1) is 9.26. The number of rotatable bonds is 4. The molecule has 1 aromatic rings. The minimum absolute atomic E-state index is 0.255. The summed E-state index contributed by atoms with van der Waals surface area (Å²) in [4.78, 5) is 11.2. The number of nitrogens with one attached hydrogen (secondary N) is 1. The Balaban J connectivity index is 2.31. The summed E-state index contributed by atoms with van der Waals surface area (Å²) < 4.78 is 5.71. The molecule has 1 aliphatic heterocycles. The van der Waals surface area contributed by atoms with Crippen LogP contribution in [0.15, 0.2) is 6.33 Å². The molecule has 106 valence electrons. The van der Waals surface area contributed by atoms with Crippen molar-refractivity contribution >= 4 is 11.6 Å². The van der Waals surface area contributed by atoms with Crippen LogP contribution >= 0.6 is 0 Å². The summed E-state index contributed by atoms with van der Waals surface area (Å²) >= 11 is 0. The fourth-order valence-electron chi connectivity index (χ4n) is 2.56. The second-order valence-electron chi connectivity index (χ2n) is 5.01. The van der Waals surface area contributed by atoms with E-state index in [1.54, 1.807) is 6.33 Å². The SMILES string of the molecule is CCCc1c(NC)ncnc1N1CCCOC(C)C1. The van der Waals surface area contributed by atoms with Crippen molar-refractivity contribution in [3.8, 4) is 0 Å². The molecule has 1 fully saturated rings. The normalized spacial score (nSPS) is 20.2. The average Bonchev–Trinajstić information content (AvgIpc) is 2.64. The van der Waals surface area contributed by atoms with E-state index in [1.807, 2.05) is 7.05 Å². The first-order valence-electron chi connectivity index (χ1n) is 7.14. The van der Waals surface area contributed by atoms with Crippen LogP contribution in [0, 0.1) is 0 Å². The Hall–Kier alpha value is -1.36. The maximum atomic E-state index is 5.71. The van der Waals surface area contributed by atoms with Gasteiger partial charge in [-0.25, -0.2) is 9.97 Å². The van der Waals surface area contributed by atoms with Crippen LogP contribution in [0.1, 0.15) is 32.3 Å². The quantitative estimate of drug-likeness (QED) is 0.902. The highest BCUT2D eigenvalue weighted by Crippen LogP contribution is 2.26. The number of aromatic nitrogens is 2. The first kappa shape index (κ1) is 14.1. The third kappa shape index (κ3) is 3.35. The number of anilines is 2. The molecular weight excluding hydrogens is 240 g/mol. The van der Waals surface area contributed by atoms with Gasteiger partial charge >= 0.3 is 0 Å². The van der Waals surface area contributed by atoms with Gasteiger partial charge in [-0.15, -0.1) is 0 Å². The summed E-state index contributed by atoms with van der Waals surface area (Å²) in [6, 6.07) is 0. The lowest BCUT2D eigenvalue weighted by atomic mass is 10.1. The molecule has 1 aliphatic rings. The van der Waals surface area contributed by atoms with E-state index in [9.17, 15) is 0 Å². The highest BCUT2D eigenvalue weighted by Gasteiger charge is 2.20. The lowest BCUT2D eigenvalue weighted by molar-refractivity contribution is 0.0820. The zero-order valence-electron chi connectivity index (χ0n) is 12.1. The van der Waals surface area contributed by atoms with Gasteiger partial charge < -0.3 is 15.0 Å². The van der Waals surface area contributed by atoms with Crippen molar-refractivity contribution in [2.75, 3.05) is 37.0 Å². The fourth-order valence-corrected chi connectivity index (χ4v) is 2.56. The van der Waals surface area contributed by atoms with E-state index in [0.717, 1.165) is 50.6 Å². The van der Waals surface area contributed by atoms with E-state index in [4.69, 9.17) is 4.74 Å². The van der Waals surface area contributed by atoms with Gasteiger partial charge in [0.1, 0.15) is 18.0 Å². The van der Waals surface area contributed by atoms with Gasteiger partial charge in [-0.2, -0.15) is 0 Å². The topological polar surface area (TPSA) is 50.3 Å². The van der Waals surface area contributed by atoms with E-state index in [1.165, 1.54) is 5.56 Å². The van der Waals surface area contributed by atoms with Crippen molar-refractivity contribution in [1.29, 1.82) is 0 Å². The standard InChI is InChI=1S/C14H24N4O/c1-4-6-12-13(15-3)16-10-17-14(12)18-7-5-8-19-11(2)9-18/h10-11H,4-9H2,1-3H3,(H,15,16,17). The van der Waals surface area contributed by atoms with E-state index < -0.39 is 0 Å². The van der Waals surface area contributed by atoms with Crippen LogP contribution in [0.5, 0.6) is 0 Å². The molecule has 0 aromatic carbocycles. The molecule has 0 saturated carbocycles. The monoisotopic (exact) mass is 264 g/mol. The Kier molecular flexibility index (Phi) is 4.96. The molecule has 2 rings (SSSR count). The van der Waals surface area contributed by atoms with Crippen molar-refractivity contribution in [2.24, 2.45) is 0 Å².